The Bertz CT molecular complexity index is 537. The molecule has 1 atom stereocenters. The Morgan fingerprint density at radius 1 is 0.889 bits per heavy atom. The smallest absolute Gasteiger partial charge is 0.0844 e. The molecule has 0 bridgehead atoms. The number of aliphatic hydroxyl groups is 1. The van der Waals surface area contributed by atoms with Crippen LogP contribution in [0.1, 0.15) is 17.2 Å². The van der Waals surface area contributed by atoms with Crippen LogP contribution in [-0.4, -0.2) is 5.11 Å². The van der Waals surface area contributed by atoms with E-state index in [0.29, 0.717) is 27.1 Å². The second kappa shape index (κ2) is 5.94. The first-order valence-electron chi connectivity index (χ1n) is 5.44. The van der Waals surface area contributed by atoms with Crippen LogP contribution in [0.25, 0.3) is 0 Å². The molecule has 2 aromatic carbocycles. The van der Waals surface area contributed by atoms with E-state index in [0.717, 1.165) is 5.56 Å². The number of aliphatic hydroxyl groups excluding tert-OH is 1. The molecule has 0 fully saturated rings. The van der Waals surface area contributed by atoms with E-state index in [1.807, 2.05) is 12.1 Å². The maximum absolute atomic E-state index is 10.2. The van der Waals surface area contributed by atoms with Crippen molar-refractivity contribution in [3.8, 4) is 0 Å². The summed E-state index contributed by atoms with van der Waals surface area (Å²) in [4.78, 5) is 0. The van der Waals surface area contributed by atoms with Gasteiger partial charge < -0.3 is 5.11 Å². The highest BCUT2D eigenvalue weighted by molar-refractivity contribution is 6.35. The van der Waals surface area contributed by atoms with E-state index in [2.05, 4.69) is 0 Å². The van der Waals surface area contributed by atoms with Gasteiger partial charge in [0.1, 0.15) is 0 Å². The summed E-state index contributed by atoms with van der Waals surface area (Å²) in [5, 5.41) is 11.9. The molecule has 1 nitrogen and oxygen atoms in total. The number of hydrogen-bond donors (Lipinski definition) is 1. The molecule has 2 aromatic rings. The molecule has 4 heteroatoms. The number of halogens is 3. The summed E-state index contributed by atoms with van der Waals surface area (Å²) in [5.74, 6) is 0. The zero-order valence-electron chi connectivity index (χ0n) is 9.41. The highest BCUT2D eigenvalue weighted by atomic mass is 35.5. The summed E-state index contributed by atoms with van der Waals surface area (Å²) in [6, 6.07) is 12.5. The van der Waals surface area contributed by atoms with Gasteiger partial charge in [0.05, 0.1) is 6.10 Å². The van der Waals surface area contributed by atoms with Crippen molar-refractivity contribution in [2.45, 2.75) is 12.5 Å². The SMILES string of the molecule is O[C@H](Cc1ccc(Cl)cc1)c1ccc(Cl)cc1Cl. The minimum atomic E-state index is -0.657. The molecule has 0 saturated carbocycles. The van der Waals surface area contributed by atoms with Crippen molar-refractivity contribution in [3.63, 3.8) is 0 Å². The van der Waals surface area contributed by atoms with Gasteiger partial charge in [-0.05, 0) is 35.4 Å². The summed E-state index contributed by atoms with van der Waals surface area (Å²) in [6.07, 6.45) is -0.172. The van der Waals surface area contributed by atoms with Crippen molar-refractivity contribution in [2.75, 3.05) is 0 Å². The molecule has 0 amide bonds. The lowest BCUT2D eigenvalue weighted by atomic mass is 10.0. The van der Waals surface area contributed by atoms with E-state index in [1.54, 1.807) is 30.3 Å². The van der Waals surface area contributed by atoms with E-state index in [9.17, 15) is 5.11 Å². The fourth-order valence-electron chi connectivity index (χ4n) is 1.73. The van der Waals surface area contributed by atoms with Gasteiger partial charge in [-0.25, -0.2) is 0 Å². The van der Waals surface area contributed by atoms with Gasteiger partial charge in [-0.3, -0.25) is 0 Å². The van der Waals surface area contributed by atoms with E-state index < -0.39 is 6.10 Å². The quantitative estimate of drug-likeness (QED) is 0.853. The largest absolute Gasteiger partial charge is 0.388 e. The van der Waals surface area contributed by atoms with Crippen molar-refractivity contribution >= 4 is 34.8 Å². The molecule has 1 N–H and O–H groups in total. The predicted octanol–water partition coefficient (Wildman–Crippen LogP) is 4.92. The van der Waals surface area contributed by atoms with E-state index in [4.69, 9.17) is 34.8 Å². The Morgan fingerprint density at radius 3 is 2.11 bits per heavy atom. The number of rotatable bonds is 3. The molecule has 0 saturated heterocycles. The first kappa shape index (κ1) is 13.7. The zero-order chi connectivity index (χ0) is 13.1. The molecule has 0 heterocycles. The molecule has 0 aliphatic carbocycles. The Kier molecular flexibility index (Phi) is 4.52. The summed E-state index contributed by atoms with van der Waals surface area (Å²) in [7, 11) is 0. The number of hydrogen-bond acceptors (Lipinski definition) is 1. The molecule has 0 aromatic heterocycles. The van der Waals surface area contributed by atoms with Gasteiger partial charge in [-0.2, -0.15) is 0 Å². The topological polar surface area (TPSA) is 20.2 Å². The summed E-state index contributed by atoms with van der Waals surface area (Å²) >= 11 is 17.7. The van der Waals surface area contributed by atoms with Gasteiger partial charge in [-0.1, -0.05) is 53.0 Å². The van der Waals surface area contributed by atoms with Crippen LogP contribution in [0.5, 0.6) is 0 Å². The van der Waals surface area contributed by atoms with Crippen LogP contribution in [0.4, 0.5) is 0 Å². The van der Waals surface area contributed by atoms with Crippen LogP contribution in [0.2, 0.25) is 15.1 Å². The van der Waals surface area contributed by atoms with Gasteiger partial charge in [0, 0.05) is 21.5 Å². The molecule has 18 heavy (non-hydrogen) atoms. The van der Waals surface area contributed by atoms with E-state index in [1.165, 1.54) is 0 Å². The standard InChI is InChI=1S/C14H11Cl3O/c15-10-3-1-9(2-4-10)7-14(18)12-6-5-11(16)8-13(12)17/h1-6,8,14,18H,7H2/t14-/m1/s1. The van der Waals surface area contributed by atoms with Crippen LogP contribution in [-0.2, 0) is 6.42 Å². The first-order valence-corrected chi connectivity index (χ1v) is 6.57. The molecule has 0 aliphatic heterocycles. The Labute approximate surface area is 121 Å². The molecule has 2 rings (SSSR count). The summed E-state index contributed by atoms with van der Waals surface area (Å²) in [5.41, 5.74) is 1.67. The molecule has 0 radical (unpaired) electrons. The fraction of sp³-hybridized carbons (Fsp3) is 0.143. The third kappa shape index (κ3) is 3.39. The van der Waals surface area contributed by atoms with Crippen molar-refractivity contribution < 1.29 is 5.11 Å². The van der Waals surface area contributed by atoms with Crippen LogP contribution in [0.15, 0.2) is 42.5 Å². The van der Waals surface area contributed by atoms with Crippen molar-refractivity contribution in [1.82, 2.24) is 0 Å². The lowest BCUT2D eigenvalue weighted by molar-refractivity contribution is 0.178. The first-order chi connectivity index (χ1) is 8.56. The van der Waals surface area contributed by atoms with Crippen LogP contribution < -0.4 is 0 Å². The molecule has 94 valence electrons. The number of benzene rings is 2. The Morgan fingerprint density at radius 2 is 1.50 bits per heavy atom. The minimum absolute atomic E-state index is 0.476. The van der Waals surface area contributed by atoms with E-state index in [-0.39, 0.29) is 0 Å². The highest BCUT2D eigenvalue weighted by Crippen LogP contribution is 2.28. The average Bonchev–Trinajstić information content (AvgIpc) is 2.32. The third-order valence-corrected chi connectivity index (χ3v) is 3.48. The average molecular weight is 302 g/mol. The lowest BCUT2D eigenvalue weighted by Gasteiger charge is -2.13. The lowest BCUT2D eigenvalue weighted by Crippen LogP contribution is -2.02. The highest BCUT2D eigenvalue weighted by Gasteiger charge is 2.12. The molecular formula is C14H11Cl3O. The molecule has 0 unspecified atom stereocenters. The monoisotopic (exact) mass is 300 g/mol. The van der Waals surface area contributed by atoms with Crippen LogP contribution in [0, 0.1) is 0 Å². The fourth-order valence-corrected chi connectivity index (χ4v) is 2.39. The molecule has 0 aliphatic rings. The van der Waals surface area contributed by atoms with Gasteiger partial charge >= 0.3 is 0 Å². The second-order valence-electron chi connectivity index (χ2n) is 4.01. The normalized spacial score (nSPS) is 12.4. The van der Waals surface area contributed by atoms with Gasteiger partial charge in [0.25, 0.3) is 0 Å². The van der Waals surface area contributed by atoms with Crippen molar-refractivity contribution in [1.29, 1.82) is 0 Å². The van der Waals surface area contributed by atoms with Crippen molar-refractivity contribution in [3.05, 3.63) is 68.7 Å². The Balaban J connectivity index is 2.16. The minimum Gasteiger partial charge on any atom is -0.388 e. The Hall–Kier alpha value is -0.730. The maximum Gasteiger partial charge on any atom is 0.0844 e. The zero-order valence-corrected chi connectivity index (χ0v) is 11.7. The maximum atomic E-state index is 10.2. The second-order valence-corrected chi connectivity index (χ2v) is 5.29. The van der Waals surface area contributed by atoms with Crippen LogP contribution >= 0.6 is 34.8 Å². The third-order valence-electron chi connectivity index (χ3n) is 2.66. The molecular weight excluding hydrogens is 291 g/mol. The summed E-state index contributed by atoms with van der Waals surface area (Å²) < 4.78 is 0. The summed E-state index contributed by atoms with van der Waals surface area (Å²) in [6.45, 7) is 0. The van der Waals surface area contributed by atoms with Gasteiger partial charge in [0.15, 0.2) is 0 Å². The predicted molar refractivity (Wildman–Crippen MR) is 76.6 cm³/mol. The van der Waals surface area contributed by atoms with Crippen LogP contribution in [0.3, 0.4) is 0 Å². The van der Waals surface area contributed by atoms with E-state index >= 15 is 0 Å². The van der Waals surface area contributed by atoms with Gasteiger partial charge in [-0.15, -0.1) is 0 Å². The van der Waals surface area contributed by atoms with Gasteiger partial charge in [0.2, 0.25) is 0 Å². The van der Waals surface area contributed by atoms with Crippen molar-refractivity contribution in [2.24, 2.45) is 0 Å². The molecule has 0 spiro atoms.